The molecule has 0 spiro atoms. The summed E-state index contributed by atoms with van der Waals surface area (Å²) in [6, 6.07) is 20.8. The average molecular weight is 474 g/mol. The molecule has 8 heteroatoms. The molecule has 4 rings (SSSR count). The van der Waals surface area contributed by atoms with Crippen LogP contribution in [0.25, 0.3) is 0 Å². The Bertz CT molecular complexity index is 1170. The van der Waals surface area contributed by atoms with Gasteiger partial charge in [0.15, 0.2) is 21.3 Å². The molecule has 1 aliphatic heterocycles. The highest BCUT2D eigenvalue weighted by molar-refractivity contribution is 7.92. The molecule has 3 aromatic rings. The highest BCUT2D eigenvalue weighted by Crippen LogP contribution is 2.39. The molecule has 2 atom stereocenters. The van der Waals surface area contributed by atoms with Gasteiger partial charge in [-0.3, -0.25) is 4.84 Å². The van der Waals surface area contributed by atoms with Crippen LogP contribution in [0.1, 0.15) is 17.2 Å². The van der Waals surface area contributed by atoms with Crippen LogP contribution in [0.15, 0.2) is 77.7 Å². The van der Waals surface area contributed by atoms with Gasteiger partial charge in [-0.2, -0.15) is 5.06 Å². The van der Waals surface area contributed by atoms with E-state index in [1.54, 1.807) is 61.7 Å². The Kier molecular flexibility index (Phi) is 6.71. The van der Waals surface area contributed by atoms with E-state index in [0.29, 0.717) is 23.1 Å². The summed E-state index contributed by atoms with van der Waals surface area (Å²) in [5.74, 6) is 1.09. The summed E-state index contributed by atoms with van der Waals surface area (Å²) in [5.41, 5.74) is 1.74. The highest BCUT2D eigenvalue weighted by atomic mass is 35.5. The second kappa shape index (κ2) is 9.50. The van der Waals surface area contributed by atoms with Crippen molar-refractivity contribution >= 4 is 21.4 Å². The number of nitrogens with zero attached hydrogens (tertiary/aromatic N) is 1. The SMILES string of the molecule is COc1cc([C@H]2[C@@H](S(=O)(=O)c3ccccc3)CON2C)ccc1OCc1ccc(Cl)cc1. The Labute approximate surface area is 193 Å². The first-order chi connectivity index (χ1) is 15.4. The van der Waals surface area contributed by atoms with Gasteiger partial charge in [-0.25, -0.2) is 8.42 Å². The van der Waals surface area contributed by atoms with Crippen molar-refractivity contribution in [3.63, 3.8) is 0 Å². The number of hydrogen-bond acceptors (Lipinski definition) is 6. The van der Waals surface area contributed by atoms with Gasteiger partial charge in [-0.1, -0.05) is 48.0 Å². The number of rotatable bonds is 7. The van der Waals surface area contributed by atoms with E-state index < -0.39 is 21.1 Å². The van der Waals surface area contributed by atoms with Crippen molar-refractivity contribution < 1.29 is 22.7 Å². The van der Waals surface area contributed by atoms with Crippen LogP contribution in [0.3, 0.4) is 0 Å². The number of ether oxygens (including phenoxy) is 2. The van der Waals surface area contributed by atoms with E-state index in [9.17, 15) is 8.42 Å². The van der Waals surface area contributed by atoms with E-state index >= 15 is 0 Å². The smallest absolute Gasteiger partial charge is 0.185 e. The van der Waals surface area contributed by atoms with Crippen LogP contribution in [0.4, 0.5) is 0 Å². The standard InChI is InChI=1S/C24H24ClNO5S/c1-26-24(23(16-31-26)32(27,28)20-6-4-3-5-7-20)18-10-13-21(22(14-18)29-2)30-15-17-8-11-19(25)12-9-17/h3-14,23-24H,15-16H2,1-2H3/t23-,24-/m0/s1. The molecule has 0 saturated carbocycles. The van der Waals surface area contributed by atoms with Crippen molar-refractivity contribution in [1.82, 2.24) is 5.06 Å². The van der Waals surface area contributed by atoms with Crippen molar-refractivity contribution in [2.24, 2.45) is 0 Å². The second-order valence-electron chi connectivity index (χ2n) is 7.51. The first kappa shape index (κ1) is 22.6. The van der Waals surface area contributed by atoms with E-state index in [1.165, 1.54) is 0 Å². The predicted molar refractivity (Wildman–Crippen MR) is 123 cm³/mol. The lowest BCUT2D eigenvalue weighted by Gasteiger charge is -2.24. The van der Waals surface area contributed by atoms with Crippen molar-refractivity contribution in [3.8, 4) is 11.5 Å². The quantitative estimate of drug-likeness (QED) is 0.496. The Morgan fingerprint density at radius 2 is 1.75 bits per heavy atom. The molecule has 0 bridgehead atoms. The Balaban J connectivity index is 1.59. The zero-order valence-corrected chi connectivity index (χ0v) is 19.3. The monoisotopic (exact) mass is 473 g/mol. The zero-order valence-electron chi connectivity index (χ0n) is 17.8. The van der Waals surface area contributed by atoms with Crippen LogP contribution in [0.5, 0.6) is 11.5 Å². The molecule has 32 heavy (non-hydrogen) atoms. The molecular weight excluding hydrogens is 450 g/mol. The molecule has 6 nitrogen and oxygen atoms in total. The summed E-state index contributed by atoms with van der Waals surface area (Å²) in [7, 11) is -0.302. The summed E-state index contributed by atoms with van der Waals surface area (Å²) in [5, 5.41) is 1.51. The molecule has 1 saturated heterocycles. The van der Waals surface area contributed by atoms with Gasteiger partial charge < -0.3 is 9.47 Å². The molecule has 0 radical (unpaired) electrons. The van der Waals surface area contributed by atoms with Gasteiger partial charge in [0.05, 0.1) is 24.7 Å². The van der Waals surface area contributed by atoms with Crippen LogP contribution in [0, 0.1) is 0 Å². The predicted octanol–water partition coefficient (Wildman–Crippen LogP) is 4.69. The van der Waals surface area contributed by atoms with Crippen LogP contribution in [-0.2, 0) is 21.3 Å². The fourth-order valence-electron chi connectivity index (χ4n) is 3.79. The fourth-order valence-corrected chi connectivity index (χ4v) is 5.71. The number of halogens is 1. The lowest BCUT2D eigenvalue weighted by atomic mass is 10.0. The molecule has 1 aliphatic rings. The van der Waals surface area contributed by atoms with Gasteiger partial charge in [-0.15, -0.1) is 0 Å². The third-order valence-corrected chi connectivity index (χ3v) is 7.87. The first-order valence-electron chi connectivity index (χ1n) is 10.1. The number of hydroxylamine groups is 2. The van der Waals surface area contributed by atoms with Gasteiger partial charge >= 0.3 is 0 Å². The fraction of sp³-hybridized carbons (Fsp3) is 0.250. The minimum atomic E-state index is -3.60. The Morgan fingerprint density at radius 1 is 1.03 bits per heavy atom. The van der Waals surface area contributed by atoms with Crippen molar-refractivity contribution in [2.75, 3.05) is 20.8 Å². The van der Waals surface area contributed by atoms with Gasteiger partial charge in [0.25, 0.3) is 0 Å². The number of methoxy groups -OCH3 is 1. The highest BCUT2D eigenvalue weighted by Gasteiger charge is 2.44. The summed E-state index contributed by atoms with van der Waals surface area (Å²) in [4.78, 5) is 5.91. The molecule has 0 N–H and O–H groups in total. The maximum absolute atomic E-state index is 13.3. The minimum Gasteiger partial charge on any atom is -0.493 e. The summed E-state index contributed by atoms with van der Waals surface area (Å²) >= 11 is 5.93. The maximum atomic E-state index is 13.3. The normalized spacial score (nSPS) is 19.1. The summed E-state index contributed by atoms with van der Waals surface area (Å²) in [6.45, 7) is 0.430. The third-order valence-electron chi connectivity index (χ3n) is 5.49. The third kappa shape index (κ3) is 4.61. The lowest BCUT2D eigenvalue weighted by molar-refractivity contribution is -0.110. The Morgan fingerprint density at radius 3 is 2.44 bits per heavy atom. The maximum Gasteiger partial charge on any atom is 0.185 e. The van der Waals surface area contributed by atoms with Crippen LogP contribution < -0.4 is 9.47 Å². The minimum absolute atomic E-state index is 0.0789. The number of benzene rings is 3. The van der Waals surface area contributed by atoms with Crippen LogP contribution >= 0.6 is 11.6 Å². The molecular formula is C24H24ClNO5S. The molecule has 0 amide bonds. The molecule has 0 aliphatic carbocycles. The van der Waals surface area contributed by atoms with E-state index in [4.69, 9.17) is 25.9 Å². The second-order valence-corrected chi connectivity index (χ2v) is 10.1. The first-order valence-corrected chi connectivity index (χ1v) is 12.0. The van der Waals surface area contributed by atoms with Gasteiger partial charge in [0.1, 0.15) is 11.9 Å². The number of hydrogen-bond donors (Lipinski definition) is 0. The van der Waals surface area contributed by atoms with Crippen molar-refractivity contribution in [1.29, 1.82) is 0 Å². The van der Waals surface area contributed by atoms with Crippen molar-refractivity contribution in [2.45, 2.75) is 22.8 Å². The molecule has 3 aromatic carbocycles. The number of sulfone groups is 1. The molecule has 168 valence electrons. The zero-order chi connectivity index (χ0) is 22.7. The molecule has 0 unspecified atom stereocenters. The largest absolute Gasteiger partial charge is 0.493 e. The topological polar surface area (TPSA) is 65.1 Å². The molecule has 1 heterocycles. The van der Waals surface area contributed by atoms with E-state index in [1.807, 2.05) is 30.3 Å². The van der Waals surface area contributed by atoms with E-state index in [-0.39, 0.29) is 11.5 Å². The summed E-state index contributed by atoms with van der Waals surface area (Å²) < 4.78 is 38.1. The van der Waals surface area contributed by atoms with Crippen LogP contribution in [-0.4, -0.2) is 39.5 Å². The van der Waals surface area contributed by atoms with Gasteiger partial charge in [-0.05, 0) is 47.5 Å². The van der Waals surface area contributed by atoms with Gasteiger partial charge in [0.2, 0.25) is 0 Å². The Hall–Kier alpha value is -2.58. The average Bonchev–Trinajstić information content (AvgIpc) is 3.21. The van der Waals surface area contributed by atoms with E-state index in [2.05, 4.69) is 0 Å². The molecule has 0 aromatic heterocycles. The van der Waals surface area contributed by atoms with Gasteiger partial charge in [0, 0.05) is 12.1 Å². The summed E-state index contributed by atoms with van der Waals surface area (Å²) in [6.07, 6.45) is 0. The van der Waals surface area contributed by atoms with E-state index in [0.717, 1.165) is 11.1 Å². The molecule has 1 fully saturated rings. The lowest BCUT2D eigenvalue weighted by Crippen LogP contribution is -2.31. The van der Waals surface area contributed by atoms with Crippen LogP contribution in [0.2, 0.25) is 5.02 Å². The van der Waals surface area contributed by atoms with Crippen molar-refractivity contribution in [3.05, 3.63) is 88.9 Å².